The van der Waals surface area contributed by atoms with E-state index in [1.807, 2.05) is 6.07 Å². The maximum absolute atomic E-state index is 12.5. The third kappa shape index (κ3) is 3.38. The molecule has 0 bridgehead atoms. The molecule has 1 fully saturated rings. The van der Waals surface area contributed by atoms with Gasteiger partial charge in [-0.3, -0.25) is 9.59 Å². The van der Waals surface area contributed by atoms with Crippen molar-refractivity contribution in [2.24, 2.45) is 5.92 Å². The lowest BCUT2D eigenvalue weighted by Gasteiger charge is -2.17. The molecule has 1 atom stereocenters. The van der Waals surface area contributed by atoms with Gasteiger partial charge in [0.2, 0.25) is 24.5 Å². The van der Waals surface area contributed by atoms with Crippen LogP contribution in [0.3, 0.4) is 0 Å². The third-order valence-corrected chi connectivity index (χ3v) is 4.66. The molecular formula is C19H19N3O5. The van der Waals surface area contributed by atoms with E-state index in [1.165, 1.54) is 7.11 Å². The van der Waals surface area contributed by atoms with E-state index in [9.17, 15) is 9.59 Å². The molecule has 8 heteroatoms. The Bertz CT molecular complexity index is 885. The van der Waals surface area contributed by atoms with Crippen molar-refractivity contribution >= 4 is 17.5 Å². The zero-order chi connectivity index (χ0) is 18.8. The molecule has 140 valence electrons. The number of pyridine rings is 1. The summed E-state index contributed by atoms with van der Waals surface area (Å²) < 4.78 is 15.8. The van der Waals surface area contributed by atoms with Gasteiger partial charge in [-0.05, 0) is 18.2 Å². The zero-order valence-corrected chi connectivity index (χ0v) is 14.8. The molecule has 2 amide bonds. The molecule has 0 spiro atoms. The van der Waals surface area contributed by atoms with Crippen LogP contribution in [0.4, 0.5) is 5.69 Å². The van der Waals surface area contributed by atoms with Crippen molar-refractivity contribution in [3.05, 3.63) is 42.1 Å². The number of ether oxygens (including phenoxy) is 3. The number of aromatic nitrogens is 1. The molecule has 8 nitrogen and oxygen atoms in total. The van der Waals surface area contributed by atoms with Gasteiger partial charge >= 0.3 is 0 Å². The number of hydrogen-bond acceptors (Lipinski definition) is 6. The summed E-state index contributed by atoms with van der Waals surface area (Å²) >= 11 is 0. The van der Waals surface area contributed by atoms with Crippen molar-refractivity contribution in [2.45, 2.75) is 13.0 Å². The number of nitrogens with one attached hydrogen (secondary N) is 1. The summed E-state index contributed by atoms with van der Waals surface area (Å²) in [6.07, 6.45) is 1.80. The van der Waals surface area contributed by atoms with Gasteiger partial charge in [0.1, 0.15) is 0 Å². The number of carbonyl (C=O) groups excluding carboxylic acids is 2. The summed E-state index contributed by atoms with van der Waals surface area (Å²) in [7, 11) is 1.53. The highest BCUT2D eigenvalue weighted by atomic mass is 16.7. The average molecular weight is 369 g/mol. The van der Waals surface area contributed by atoms with E-state index in [0.29, 0.717) is 36.2 Å². The maximum Gasteiger partial charge on any atom is 0.231 e. The topological polar surface area (TPSA) is 90.0 Å². The van der Waals surface area contributed by atoms with Crippen molar-refractivity contribution in [3.8, 4) is 17.4 Å². The minimum Gasteiger partial charge on any atom is -0.481 e. The summed E-state index contributed by atoms with van der Waals surface area (Å²) in [6.45, 7) is 0.800. The van der Waals surface area contributed by atoms with E-state index in [4.69, 9.17) is 14.2 Å². The van der Waals surface area contributed by atoms with Gasteiger partial charge in [0.25, 0.3) is 0 Å². The van der Waals surface area contributed by atoms with E-state index in [1.54, 1.807) is 35.4 Å². The van der Waals surface area contributed by atoms with E-state index < -0.39 is 5.92 Å². The molecule has 2 aliphatic heterocycles. The van der Waals surface area contributed by atoms with Gasteiger partial charge in [-0.25, -0.2) is 4.98 Å². The first-order valence-corrected chi connectivity index (χ1v) is 8.61. The molecule has 1 aromatic carbocycles. The monoisotopic (exact) mass is 369 g/mol. The average Bonchev–Trinajstić information content (AvgIpc) is 3.32. The molecule has 0 radical (unpaired) electrons. The third-order valence-electron chi connectivity index (χ3n) is 4.66. The molecule has 0 saturated carbocycles. The Morgan fingerprint density at radius 3 is 3.04 bits per heavy atom. The highest BCUT2D eigenvalue weighted by Crippen LogP contribution is 2.37. The fraction of sp³-hybridized carbons (Fsp3) is 0.316. The molecule has 2 aliphatic rings. The second-order valence-electron chi connectivity index (χ2n) is 6.33. The van der Waals surface area contributed by atoms with Crippen molar-refractivity contribution in [1.29, 1.82) is 0 Å². The number of carbonyl (C=O) groups is 2. The van der Waals surface area contributed by atoms with E-state index >= 15 is 0 Å². The van der Waals surface area contributed by atoms with E-state index in [-0.39, 0.29) is 25.0 Å². The highest BCUT2D eigenvalue weighted by Gasteiger charge is 2.35. The minimum absolute atomic E-state index is 0.0898. The largest absolute Gasteiger partial charge is 0.481 e. The molecule has 1 saturated heterocycles. The first-order valence-electron chi connectivity index (χ1n) is 8.61. The standard InChI is InChI=1S/C19H19N3O5/c1-25-19-12(3-2-6-20-19)9-21-18(24)13-7-17(23)22(10-13)14-4-5-15-16(8-14)27-11-26-15/h2-6,8,13H,7,9-11H2,1H3,(H,21,24). The Labute approximate surface area is 156 Å². The van der Waals surface area contributed by atoms with Crippen LogP contribution in [0.1, 0.15) is 12.0 Å². The van der Waals surface area contributed by atoms with Crippen molar-refractivity contribution in [3.63, 3.8) is 0 Å². The lowest BCUT2D eigenvalue weighted by atomic mass is 10.1. The van der Waals surface area contributed by atoms with Crippen LogP contribution in [0, 0.1) is 5.92 Å². The number of benzene rings is 1. The molecule has 1 N–H and O–H groups in total. The van der Waals surface area contributed by atoms with Gasteiger partial charge in [0.15, 0.2) is 11.5 Å². The second-order valence-corrected chi connectivity index (χ2v) is 6.33. The van der Waals surface area contributed by atoms with Crippen LogP contribution in [0.25, 0.3) is 0 Å². The maximum atomic E-state index is 12.5. The summed E-state index contributed by atoms with van der Waals surface area (Å²) in [6, 6.07) is 8.95. The fourth-order valence-corrected chi connectivity index (χ4v) is 3.25. The Morgan fingerprint density at radius 2 is 2.19 bits per heavy atom. The summed E-state index contributed by atoms with van der Waals surface area (Å²) in [4.78, 5) is 30.7. The second kappa shape index (κ2) is 7.14. The number of hydrogen-bond donors (Lipinski definition) is 1. The van der Waals surface area contributed by atoms with E-state index in [0.717, 1.165) is 5.56 Å². The van der Waals surface area contributed by atoms with Gasteiger partial charge in [-0.2, -0.15) is 0 Å². The Morgan fingerprint density at radius 1 is 1.33 bits per heavy atom. The number of anilines is 1. The summed E-state index contributed by atoms with van der Waals surface area (Å²) in [5.74, 6) is 1.07. The van der Waals surface area contributed by atoms with Gasteiger partial charge in [0.05, 0.1) is 13.0 Å². The normalized spacial score (nSPS) is 17.9. The fourth-order valence-electron chi connectivity index (χ4n) is 3.25. The Hall–Kier alpha value is -3.29. The van der Waals surface area contributed by atoms with Gasteiger partial charge in [0, 0.05) is 43.0 Å². The van der Waals surface area contributed by atoms with Gasteiger partial charge < -0.3 is 24.4 Å². The summed E-state index contributed by atoms with van der Waals surface area (Å²) in [5.41, 5.74) is 1.48. The SMILES string of the molecule is COc1ncccc1CNC(=O)C1CC(=O)N(c2ccc3c(c2)OCO3)C1. The number of nitrogens with zero attached hydrogens (tertiary/aromatic N) is 2. The molecule has 1 aromatic heterocycles. The molecule has 27 heavy (non-hydrogen) atoms. The first-order chi connectivity index (χ1) is 13.2. The minimum atomic E-state index is -0.411. The van der Waals surface area contributed by atoms with Gasteiger partial charge in [-0.1, -0.05) is 6.07 Å². The van der Waals surface area contributed by atoms with Crippen LogP contribution in [-0.2, 0) is 16.1 Å². The van der Waals surface area contributed by atoms with Crippen molar-refractivity contribution in [1.82, 2.24) is 10.3 Å². The first kappa shape index (κ1) is 17.1. The Balaban J connectivity index is 1.40. The van der Waals surface area contributed by atoms with Crippen LogP contribution in [0.2, 0.25) is 0 Å². The highest BCUT2D eigenvalue weighted by molar-refractivity contribution is 6.00. The van der Waals surface area contributed by atoms with Crippen LogP contribution < -0.4 is 24.4 Å². The van der Waals surface area contributed by atoms with Crippen LogP contribution in [-0.4, -0.2) is 37.2 Å². The molecule has 0 aliphatic carbocycles. The van der Waals surface area contributed by atoms with Crippen molar-refractivity contribution in [2.75, 3.05) is 25.3 Å². The lowest BCUT2D eigenvalue weighted by Crippen LogP contribution is -2.32. The van der Waals surface area contributed by atoms with Crippen LogP contribution >= 0.6 is 0 Å². The van der Waals surface area contributed by atoms with Crippen molar-refractivity contribution < 1.29 is 23.8 Å². The molecule has 4 rings (SSSR count). The lowest BCUT2D eigenvalue weighted by molar-refractivity contribution is -0.126. The smallest absolute Gasteiger partial charge is 0.231 e. The molecule has 2 aromatic rings. The molecular weight excluding hydrogens is 350 g/mol. The Kier molecular flexibility index (Phi) is 4.53. The predicted molar refractivity (Wildman–Crippen MR) is 95.7 cm³/mol. The molecule has 1 unspecified atom stereocenters. The quantitative estimate of drug-likeness (QED) is 0.859. The van der Waals surface area contributed by atoms with E-state index in [2.05, 4.69) is 10.3 Å². The molecule has 3 heterocycles. The predicted octanol–water partition coefficient (Wildman–Crippen LogP) is 1.49. The van der Waals surface area contributed by atoms with Crippen LogP contribution in [0.15, 0.2) is 36.5 Å². The summed E-state index contributed by atoms with van der Waals surface area (Å²) in [5, 5.41) is 2.87. The number of methoxy groups -OCH3 is 1. The zero-order valence-electron chi connectivity index (χ0n) is 14.8. The number of fused-ring (bicyclic) bond motifs is 1. The van der Waals surface area contributed by atoms with Crippen LogP contribution in [0.5, 0.6) is 17.4 Å². The number of amides is 2. The van der Waals surface area contributed by atoms with Gasteiger partial charge in [-0.15, -0.1) is 0 Å². The number of rotatable bonds is 5.